The van der Waals surface area contributed by atoms with E-state index in [4.69, 9.17) is 14.2 Å². The largest absolute Gasteiger partial charge is 0.494 e. The van der Waals surface area contributed by atoms with Crippen molar-refractivity contribution in [3.63, 3.8) is 0 Å². The number of halogens is 1. The first-order valence-corrected chi connectivity index (χ1v) is 10.2. The van der Waals surface area contributed by atoms with Gasteiger partial charge in [0.05, 0.1) is 23.4 Å². The Morgan fingerprint density at radius 3 is 2.55 bits per heavy atom. The van der Waals surface area contributed by atoms with E-state index >= 15 is 0 Å². The lowest BCUT2D eigenvalue weighted by Gasteiger charge is -2.07. The molecule has 2 aromatic carbocycles. The molecule has 1 aromatic heterocycles. The summed E-state index contributed by atoms with van der Waals surface area (Å²) in [5.41, 5.74) is 0.962. The van der Waals surface area contributed by atoms with Gasteiger partial charge in [-0.15, -0.1) is 0 Å². The van der Waals surface area contributed by atoms with E-state index < -0.39 is 5.91 Å². The molecule has 0 unspecified atom stereocenters. The fraction of sp³-hybridized carbons (Fsp3) is 0.333. The summed E-state index contributed by atoms with van der Waals surface area (Å²) in [6.07, 6.45) is 0. The van der Waals surface area contributed by atoms with Crippen LogP contribution in [0.25, 0.3) is 10.2 Å². The van der Waals surface area contributed by atoms with Crippen molar-refractivity contribution in [3.05, 3.63) is 53.1 Å². The fourth-order valence-electron chi connectivity index (χ4n) is 2.73. The number of nitrogens with zero attached hydrogens (tertiary/aromatic N) is 2. The molecule has 0 aliphatic rings. The summed E-state index contributed by atoms with van der Waals surface area (Å²) in [5.74, 6) is 0.407. The number of carbonyl (C=O) groups excluding carboxylic acids is 1. The Morgan fingerprint density at radius 1 is 1.07 bits per heavy atom. The molecule has 0 aliphatic carbocycles. The Morgan fingerprint density at radius 2 is 1.83 bits per heavy atom. The topological polar surface area (TPSA) is 62.1 Å². The van der Waals surface area contributed by atoms with Crippen LogP contribution in [0.5, 0.6) is 11.5 Å². The lowest BCUT2D eigenvalue weighted by molar-refractivity contribution is -0.120. The van der Waals surface area contributed by atoms with Gasteiger partial charge in [-0.2, -0.15) is 4.99 Å². The van der Waals surface area contributed by atoms with Crippen LogP contribution in [0.3, 0.4) is 0 Å². The number of carbonyl (C=O) groups is 1. The van der Waals surface area contributed by atoms with Crippen LogP contribution in [0.1, 0.15) is 13.8 Å². The molecule has 0 radical (unpaired) electrons. The van der Waals surface area contributed by atoms with Crippen LogP contribution in [0.2, 0.25) is 0 Å². The number of thiazole rings is 1. The first-order valence-electron chi connectivity index (χ1n) is 9.40. The van der Waals surface area contributed by atoms with E-state index in [0.717, 1.165) is 16.0 Å². The average molecular weight is 418 g/mol. The van der Waals surface area contributed by atoms with Crippen LogP contribution in [0.15, 0.2) is 47.5 Å². The Hall–Kier alpha value is -2.71. The van der Waals surface area contributed by atoms with Crippen molar-refractivity contribution in [2.45, 2.75) is 20.4 Å². The second kappa shape index (κ2) is 10.2. The monoisotopic (exact) mass is 418 g/mol. The molecule has 29 heavy (non-hydrogen) atoms. The zero-order valence-electron chi connectivity index (χ0n) is 16.4. The Bertz CT molecular complexity index is 1030. The van der Waals surface area contributed by atoms with E-state index in [1.54, 1.807) is 0 Å². The van der Waals surface area contributed by atoms with E-state index in [1.165, 1.54) is 35.6 Å². The van der Waals surface area contributed by atoms with Gasteiger partial charge in [0.1, 0.15) is 17.3 Å². The molecule has 0 aliphatic heterocycles. The highest BCUT2D eigenvalue weighted by Crippen LogP contribution is 2.23. The lowest BCUT2D eigenvalue weighted by Crippen LogP contribution is -2.21. The molecule has 8 heteroatoms. The minimum atomic E-state index is -0.420. The van der Waals surface area contributed by atoms with E-state index in [0.29, 0.717) is 36.9 Å². The third kappa shape index (κ3) is 5.65. The van der Waals surface area contributed by atoms with Crippen molar-refractivity contribution in [1.82, 2.24) is 4.57 Å². The predicted octanol–water partition coefficient (Wildman–Crippen LogP) is 3.78. The minimum absolute atomic E-state index is 0.227. The zero-order chi connectivity index (χ0) is 20.6. The number of amides is 1. The predicted molar refractivity (Wildman–Crippen MR) is 110 cm³/mol. The second-order valence-electron chi connectivity index (χ2n) is 6.04. The molecule has 3 rings (SSSR count). The molecule has 1 amide bonds. The van der Waals surface area contributed by atoms with Crippen LogP contribution < -0.4 is 14.3 Å². The third-order valence-electron chi connectivity index (χ3n) is 4.02. The molecule has 154 valence electrons. The summed E-state index contributed by atoms with van der Waals surface area (Å²) in [7, 11) is 0. The number of hydrogen-bond donors (Lipinski definition) is 0. The SMILES string of the molecule is CCOCCn1c(=NC(=O)COc2ccc(F)cc2)sc2cc(OCC)ccc21. The van der Waals surface area contributed by atoms with Gasteiger partial charge in [0, 0.05) is 13.2 Å². The summed E-state index contributed by atoms with van der Waals surface area (Å²) in [6, 6.07) is 11.3. The molecule has 0 atom stereocenters. The summed E-state index contributed by atoms with van der Waals surface area (Å²) in [4.78, 5) is 17.2. The molecule has 0 saturated carbocycles. The lowest BCUT2D eigenvalue weighted by atomic mass is 10.3. The standard InChI is InChI=1S/C21H23FN2O4S/c1-3-26-12-11-24-18-10-9-17(27-4-2)13-19(18)29-21(24)23-20(25)14-28-16-7-5-15(22)6-8-16/h5-10,13H,3-4,11-12,14H2,1-2H3. The molecule has 0 fully saturated rings. The molecule has 1 heterocycles. The number of fused-ring (bicyclic) bond motifs is 1. The minimum Gasteiger partial charge on any atom is -0.494 e. The van der Waals surface area contributed by atoms with Gasteiger partial charge < -0.3 is 18.8 Å². The third-order valence-corrected chi connectivity index (χ3v) is 5.07. The molecule has 0 N–H and O–H groups in total. The highest BCUT2D eigenvalue weighted by atomic mass is 32.1. The highest BCUT2D eigenvalue weighted by Gasteiger charge is 2.10. The highest BCUT2D eigenvalue weighted by molar-refractivity contribution is 7.16. The van der Waals surface area contributed by atoms with Gasteiger partial charge in [-0.25, -0.2) is 4.39 Å². The van der Waals surface area contributed by atoms with Gasteiger partial charge in [0.15, 0.2) is 11.4 Å². The van der Waals surface area contributed by atoms with E-state index in [1.807, 2.05) is 36.6 Å². The maximum atomic E-state index is 13.0. The number of benzene rings is 2. The second-order valence-corrected chi connectivity index (χ2v) is 7.05. The maximum absolute atomic E-state index is 13.0. The van der Waals surface area contributed by atoms with Crippen LogP contribution >= 0.6 is 11.3 Å². The Balaban J connectivity index is 1.84. The molecular formula is C21H23FN2O4S. The van der Waals surface area contributed by atoms with Crippen LogP contribution in [-0.4, -0.2) is 36.9 Å². The van der Waals surface area contributed by atoms with Gasteiger partial charge in [-0.3, -0.25) is 4.79 Å². The van der Waals surface area contributed by atoms with Gasteiger partial charge in [0.25, 0.3) is 5.91 Å². The van der Waals surface area contributed by atoms with Crippen LogP contribution in [0, 0.1) is 5.82 Å². The first kappa shape index (κ1) is 21.0. The summed E-state index contributed by atoms with van der Waals surface area (Å²) in [6.45, 7) is 5.94. The van der Waals surface area contributed by atoms with Gasteiger partial charge in [-0.05, 0) is 56.3 Å². The summed E-state index contributed by atoms with van der Waals surface area (Å²) >= 11 is 1.41. The van der Waals surface area contributed by atoms with Gasteiger partial charge in [-0.1, -0.05) is 11.3 Å². The molecular weight excluding hydrogens is 395 g/mol. The number of rotatable bonds is 9. The van der Waals surface area contributed by atoms with E-state index in [2.05, 4.69) is 4.99 Å². The van der Waals surface area contributed by atoms with E-state index in [9.17, 15) is 9.18 Å². The zero-order valence-corrected chi connectivity index (χ0v) is 17.2. The quantitative estimate of drug-likeness (QED) is 0.496. The van der Waals surface area contributed by atoms with E-state index in [-0.39, 0.29) is 12.4 Å². The van der Waals surface area contributed by atoms with Crippen molar-refractivity contribution in [3.8, 4) is 11.5 Å². The summed E-state index contributed by atoms with van der Waals surface area (Å²) < 4.78 is 32.3. The molecule has 0 bridgehead atoms. The van der Waals surface area contributed by atoms with Crippen LogP contribution in [0.4, 0.5) is 4.39 Å². The van der Waals surface area contributed by atoms with Gasteiger partial charge >= 0.3 is 0 Å². The molecule has 0 spiro atoms. The molecule has 6 nitrogen and oxygen atoms in total. The fourth-order valence-corrected chi connectivity index (χ4v) is 3.83. The maximum Gasteiger partial charge on any atom is 0.286 e. The normalized spacial score (nSPS) is 11.8. The number of ether oxygens (including phenoxy) is 3. The number of aromatic nitrogens is 1. The first-order chi connectivity index (χ1) is 14.1. The summed E-state index contributed by atoms with van der Waals surface area (Å²) in [5, 5.41) is 0. The van der Waals surface area contributed by atoms with Crippen molar-refractivity contribution in [2.75, 3.05) is 26.4 Å². The molecule has 3 aromatic rings. The van der Waals surface area contributed by atoms with Crippen molar-refractivity contribution >= 4 is 27.5 Å². The molecule has 0 saturated heterocycles. The van der Waals surface area contributed by atoms with Crippen molar-refractivity contribution in [2.24, 2.45) is 4.99 Å². The Kier molecular flexibility index (Phi) is 7.37. The van der Waals surface area contributed by atoms with Gasteiger partial charge in [0.2, 0.25) is 0 Å². The van der Waals surface area contributed by atoms with Crippen molar-refractivity contribution < 1.29 is 23.4 Å². The van der Waals surface area contributed by atoms with Crippen LogP contribution in [-0.2, 0) is 16.1 Å². The number of hydrogen-bond acceptors (Lipinski definition) is 5. The average Bonchev–Trinajstić information content (AvgIpc) is 3.04. The smallest absolute Gasteiger partial charge is 0.286 e. The Labute approximate surface area is 172 Å². The van der Waals surface area contributed by atoms with Crippen molar-refractivity contribution in [1.29, 1.82) is 0 Å².